The number of nitrogens with zero attached hydrogens (tertiary/aromatic N) is 2. The van der Waals surface area contributed by atoms with Gasteiger partial charge in [0.15, 0.2) is 0 Å². The third-order valence-corrected chi connectivity index (χ3v) is 3.66. The number of aromatic nitrogens is 1. The molecular weight excluding hydrogens is 316 g/mol. The Labute approximate surface area is 137 Å². The van der Waals surface area contributed by atoms with Gasteiger partial charge in [-0.2, -0.15) is 0 Å². The molecule has 0 bridgehead atoms. The molecule has 1 amide bonds. The lowest BCUT2D eigenvalue weighted by molar-refractivity contribution is 0.0686. The zero-order valence-electron chi connectivity index (χ0n) is 12.0. The van der Waals surface area contributed by atoms with Crippen LogP contribution in [0.2, 0.25) is 0 Å². The van der Waals surface area contributed by atoms with Gasteiger partial charge in [0.2, 0.25) is 0 Å². The van der Waals surface area contributed by atoms with E-state index < -0.39 is 5.82 Å². The number of amides is 1. The van der Waals surface area contributed by atoms with Gasteiger partial charge in [0.1, 0.15) is 5.82 Å². The van der Waals surface area contributed by atoms with E-state index in [1.54, 1.807) is 4.90 Å². The van der Waals surface area contributed by atoms with Gasteiger partial charge in [-0.25, -0.2) is 4.39 Å². The minimum absolute atomic E-state index is 0. The molecule has 1 saturated heterocycles. The molecule has 1 fully saturated rings. The van der Waals surface area contributed by atoms with Crippen LogP contribution in [0.1, 0.15) is 29.6 Å². The molecule has 0 unspecified atom stereocenters. The predicted octanol–water partition coefficient (Wildman–Crippen LogP) is 2.53. The summed E-state index contributed by atoms with van der Waals surface area (Å²) in [6.45, 7) is 2.53. The number of likely N-dealkylation sites (tertiary alicyclic amines) is 1. The monoisotopic (exact) mass is 337 g/mol. The van der Waals surface area contributed by atoms with Crippen molar-refractivity contribution >= 4 is 30.7 Å². The van der Waals surface area contributed by atoms with Gasteiger partial charge in [0.25, 0.3) is 5.91 Å². The summed E-state index contributed by atoms with van der Waals surface area (Å²) in [4.78, 5) is 17.7. The Hall–Kier alpha value is -0.910. The number of hydrogen-bond acceptors (Lipinski definition) is 3. The van der Waals surface area contributed by atoms with Crippen molar-refractivity contribution in [2.45, 2.75) is 19.3 Å². The average Bonchev–Trinajstić information content (AvgIpc) is 2.45. The van der Waals surface area contributed by atoms with E-state index in [0.717, 1.165) is 45.1 Å². The Kier molecular flexibility index (Phi) is 9.49. The van der Waals surface area contributed by atoms with E-state index in [4.69, 9.17) is 0 Å². The lowest BCUT2D eigenvalue weighted by atomic mass is 9.93. The van der Waals surface area contributed by atoms with E-state index in [-0.39, 0.29) is 30.7 Å². The highest BCUT2D eigenvalue weighted by Crippen LogP contribution is 2.21. The number of piperidine rings is 1. The van der Waals surface area contributed by atoms with Gasteiger partial charge in [0.05, 0.1) is 11.8 Å². The molecule has 120 valence electrons. The number of halogens is 3. The van der Waals surface area contributed by atoms with Crippen molar-refractivity contribution in [2.24, 2.45) is 5.92 Å². The number of rotatable bonds is 4. The number of pyridine rings is 1. The van der Waals surface area contributed by atoms with Crippen molar-refractivity contribution in [3.05, 3.63) is 29.8 Å². The third kappa shape index (κ3) is 5.77. The molecule has 0 radical (unpaired) electrons. The Morgan fingerprint density at radius 1 is 1.38 bits per heavy atom. The zero-order chi connectivity index (χ0) is 13.7. The van der Waals surface area contributed by atoms with Gasteiger partial charge in [-0.3, -0.25) is 9.78 Å². The van der Waals surface area contributed by atoms with Crippen molar-refractivity contribution in [3.8, 4) is 0 Å². The molecular formula is C14H22Cl2FN3O. The van der Waals surface area contributed by atoms with Crippen LogP contribution in [0.4, 0.5) is 4.39 Å². The average molecular weight is 338 g/mol. The summed E-state index contributed by atoms with van der Waals surface area (Å²) in [6, 6.07) is 1.25. The second-order valence-electron chi connectivity index (χ2n) is 5.02. The summed E-state index contributed by atoms with van der Waals surface area (Å²) in [7, 11) is 1.95. The Bertz CT molecular complexity index is 440. The summed E-state index contributed by atoms with van der Waals surface area (Å²) < 4.78 is 13.1. The maximum atomic E-state index is 13.1. The summed E-state index contributed by atoms with van der Waals surface area (Å²) >= 11 is 0. The normalized spacial score (nSPS) is 15.0. The lowest BCUT2D eigenvalue weighted by Gasteiger charge is -2.32. The van der Waals surface area contributed by atoms with Crippen LogP contribution in [0.3, 0.4) is 0 Å². The van der Waals surface area contributed by atoms with Crippen molar-refractivity contribution in [2.75, 3.05) is 26.7 Å². The molecule has 1 aromatic heterocycles. The van der Waals surface area contributed by atoms with E-state index in [0.29, 0.717) is 11.5 Å². The second-order valence-corrected chi connectivity index (χ2v) is 5.02. The predicted molar refractivity (Wildman–Crippen MR) is 85.9 cm³/mol. The van der Waals surface area contributed by atoms with E-state index in [9.17, 15) is 9.18 Å². The first kappa shape index (κ1) is 20.1. The highest BCUT2D eigenvalue weighted by molar-refractivity contribution is 5.93. The van der Waals surface area contributed by atoms with Crippen LogP contribution in [0.5, 0.6) is 0 Å². The van der Waals surface area contributed by atoms with Crippen LogP contribution in [0, 0.1) is 11.7 Å². The minimum atomic E-state index is -0.463. The fourth-order valence-corrected chi connectivity index (χ4v) is 2.48. The summed E-state index contributed by atoms with van der Waals surface area (Å²) in [5.41, 5.74) is 0.341. The maximum Gasteiger partial charge on any atom is 0.255 e. The first-order valence-electron chi connectivity index (χ1n) is 6.75. The minimum Gasteiger partial charge on any atom is -0.339 e. The molecule has 1 aliphatic rings. The first-order chi connectivity index (χ1) is 9.20. The fraction of sp³-hybridized carbons (Fsp3) is 0.571. The van der Waals surface area contributed by atoms with Crippen LogP contribution in [0.15, 0.2) is 18.5 Å². The first-order valence-corrected chi connectivity index (χ1v) is 6.75. The van der Waals surface area contributed by atoms with E-state index >= 15 is 0 Å². The summed E-state index contributed by atoms with van der Waals surface area (Å²) in [6.07, 6.45) is 5.74. The van der Waals surface area contributed by atoms with Crippen LogP contribution < -0.4 is 5.32 Å². The standard InChI is InChI=1S/C14H20FN3O.2ClH/c1-16-5-2-11-3-6-18(7-4-11)14(19)12-8-13(15)10-17-9-12;;/h8-11,16H,2-7H2,1H3;2*1H. The molecule has 0 atom stereocenters. The molecule has 1 aliphatic heterocycles. The maximum absolute atomic E-state index is 13.1. The van der Waals surface area contributed by atoms with Gasteiger partial charge in [0, 0.05) is 19.3 Å². The van der Waals surface area contributed by atoms with Crippen LogP contribution in [-0.4, -0.2) is 42.5 Å². The van der Waals surface area contributed by atoms with Crippen LogP contribution >= 0.6 is 24.8 Å². The fourth-order valence-electron chi connectivity index (χ4n) is 2.48. The molecule has 4 nitrogen and oxygen atoms in total. The highest BCUT2D eigenvalue weighted by Gasteiger charge is 2.23. The largest absolute Gasteiger partial charge is 0.339 e. The van der Waals surface area contributed by atoms with Crippen molar-refractivity contribution in [1.82, 2.24) is 15.2 Å². The van der Waals surface area contributed by atoms with Crippen LogP contribution in [0.25, 0.3) is 0 Å². The molecule has 7 heteroatoms. The van der Waals surface area contributed by atoms with Gasteiger partial charge in [-0.1, -0.05) is 0 Å². The van der Waals surface area contributed by atoms with E-state index in [1.807, 2.05) is 7.05 Å². The van der Waals surface area contributed by atoms with Gasteiger partial charge < -0.3 is 10.2 Å². The SMILES string of the molecule is CNCCC1CCN(C(=O)c2cncc(F)c2)CC1.Cl.Cl. The molecule has 0 aromatic carbocycles. The second kappa shape index (κ2) is 9.92. The van der Waals surface area contributed by atoms with Crippen molar-refractivity contribution in [3.63, 3.8) is 0 Å². The van der Waals surface area contributed by atoms with Crippen molar-refractivity contribution in [1.29, 1.82) is 0 Å². The van der Waals surface area contributed by atoms with Gasteiger partial charge in [-0.05, 0) is 44.8 Å². The number of carbonyl (C=O) groups is 1. The molecule has 0 aliphatic carbocycles. The smallest absolute Gasteiger partial charge is 0.255 e. The van der Waals surface area contributed by atoms with Gasteiger partial charge >= 0.3 is 0 Å². The highest BCUT2D eigenvalue weighted by atomic mass is 35.5. The topological polar surface area (TPSA) is 45.2 Å². The third-order valence-electron chi connectivity index (χ3n) is 3.66. The number of nitrogens with one attached hydrogen (secondary N) is 1. The van der Waals surface area contributed by atoms with E-state index in [2.05, 4.69) is 10.3 Å². The van der Waals surface area contributed by atoms with E-state index in [1.165, 1.54) is 12.3 Å². The molecule has 2 rings (SSSR count). The molecule has 2 heterocycles. The van der Waals surface area contributed by atoms with Crippen molar-refractivity contribution < 1.29 is 9.18 Å². The molecule has 21 heavy (non-hydrogen) atoms. The Morgan fingerprint density at radius 3 is 2.62 bits per heavy atom. The lowest BCUT2D eigenvalue weighted by Crippen LogP contribution is -2.39. The molecule has 0 spiro atoms. The Balaban J connectivity index is 0.00000200. The van der Waals surface area contributed by atoms with Crippen LogP contribution in [-0.2, 0) is 0 Å². The molecule has 1 N–H and O–H groups in total. The number of hydrogen-bond donors (Lipinski definition) is 1. The summed E-state index contributed by atoms with van der Waals surface area (Å²) in [5.74, 6) is 0.107. The summed E-state index contributed by atoms with van der Waals surface area (Å²) in [5, 5.41) is 3.15. The number of carbonyl (C=O) groups excluding carboxylic acids is 1. The Morgan fingerprint density at radius 2 is 2.05 bits per heavy atom. The zero-order valence-corrected chi connectivity index (χ0v) is 13.7. The quantitative estimate of drug-likeness (QED) is 0.918. The molecule has 0 saturated carbocycles. The van der Waals surface area contributed by atoms with Gasteiger partial charge in [-0.15, -0.1) is 24.8 Å². The molecule has 1 aromatic rings.